The Labute approximate surface area is 206 Å². The Morgan fingerprint density at radius 2 is 1.80 bits per heavy atom. The molecular formula is C29H32N2O4. The van der Waals surface area contributed by atoms with E-state index >= 15 is 0 Å². The lowest BCUT2D eigenvalue weighted by atomic mass is 9.98. The number of allylic oxidation sites excluding steroid dienone is 2. The molecule has 0 aromatic heterocycles. The van der Waals surface area contributed by atoms with Crippen LogP contribution in [0.3, 0.4) is 0 Å². The summed E-state index contributed by atoms with van der Waals surface area (Å²) in [7, 11) is 1.63. The molecule has 3 rings (SSSR count). The fourth-order valence-corrected chi connectivity index (χ4v) is 3.49. The Bertz CT molecular complexity index is 1210. The van der Waals surface area contributed by atoms with Crippen LogP contribution in [-0.2, 0) is 24.4 Å². The Kier molecular flexibility index (Phi) is 9.09. The van der Waals surface area contributed by atoms with Gasteiger partial charge >= 0.3 is 0 Å². The number of aliphatic hydroxyl groups excluding tert-OH is 1. The minimum absolute atomic E-state index is 0.109. The number of benzene rings is 3. The van der Waals surface area contributed by atoms with Gasteiger partial charge in [0.25, 0.3) is 0 Å². The molecule has 6 heteroatoms. The molecule has 0 aliphatic rings. The largest absolute Gasteiger partial charge is 0.497 e. The standard InChI is InChI=1S/C29H32N2O4/c1-20(2)8-16-25-23(18-32)12-11-22(13-17-28(33)31-27-7-5-4-6-26(27)30)29(25)35-19-21-9-14-24(34-3)15-10-21/h4-15,17,32H,16,18-19,30H2,1-3H3,(H,31,33). The second kappa shape index (κ2) is 12.4. The fourth-order valence-electron chi connectivity index (χ4n) is 3.49. The smallest absolute Gasteiger partial charge is 0.248 e. The van der Waals surface area contributed by atoms with Crippen LogP contribution in [0, 0.1) is 0 Å². The molecule has 0 atom stereocenters. The number of carbonyl (C=O) groups is 1. The van der Waals surface area contributed by atoms with Gasteiger partial charge < -0.3 is 25.6 Å². The highest BCUT2D eigenvalue weighted by Crippen LogP contribution is 2.31. The number of carbonyl (C=O) groups excluding carboxylic acids is 1. The van der Waals surface area contributed by atoms with Gasteiger partial charge in [-0.1, -0.05) is 48.0 Å². The van der Waals surface area contributed by atoms with Gasteiger partial charge in [-0.2, -0.15) is 0 Å². The van der Waals surface area contributed by atoms with E-state index in [0.717, 1.165) is 33.6 Å². The molecule has 182 valence electrons. The molecule has 0 saturated heterocycles. The number of ether oxygens (including phenoxy) is 2. The molecule has 6 nitrogen and oxygen atoms in total. The van der Waals surface area contributed by atoms with E-state index in [2.05, 4.69) is 11.4 Å². The summed E-state index contributed by atoms with van der Waals surface area (Å²) in [6.45, 7) is 4.27. The molecule has 0 aliphatic carbocycles. The molecule has 0 radical (unpaired) electrons. The second-order valence-electron chi connectivity index (χ2n) is 8.31. The number of hydrogen-bond acceptors (Lipinski definition) is 5. The van der Waals surface area contributed by atoms with Crippen molar-refractivity contribution in [1.29, 1.82) is 0 Å². The molecule has 0 unspecified atom stereocenters. The predicted molar refractivity (Wildman–Crippen MR) is 141 cm³/mol. The topological polar surface area (TPSA) is 93.8 Å². The third-order valence-electron chi connectivity index (χ3n) is 5.45. The van der Waals surface area contributed by atoms with E-state index < -0.39 is 0 Å². The minimum atomic E-state index is -0.305. The van der Waals surface area contributed by atoms with Gasteiger partial charge in [-0.05, 0) is 61.7 Å². The highest BCUT2D eigenvalue weighted by molar-refractivity contribution is 6.03. The predicted octanol–water partition coefficient (Wildman–Crippen LogP) is 5.51. The third kappa shape index (κ3) is 7.22. The van der Waals surface area contributed by atoms with Crippen LogP contribution in [0.4, 0.5) is 11.4 Å². The molecule has 0 aliphatic heterocycles. The van der Waals surface area contributed by atoms with Gasteiger partial charge in [-0.3, -0.25) is 4.79 Å². The maximum absolute atomic E-state index is 12.6. The zero-order valence-electron chi connectivity index (χ0n) is 20.4. The Morgan fingerprint density at radius 3 is 2.46 bits per heavy atom. The first kappa shape index (κ1) is 25.6. The number of methoxy groups -OCH3 is 1. The Balaban J connectivity index is 1.91. The van der Waals surface area contributed by atoms with Crippen molar-refractivity contribution >= 4 is 23.4 Å². The Morgan fingerprint density at radius 1 is 1.06 bits per heavy atom. The van der Waals surface area contributed by atoms with Crippen molar-refractivity contribution in [2.24, 2.45) is 0 Å². The normalized spacial score (nSPS) is 10.7. The lowest BCUT2D eigenvalue weighted by Crippen LogP contribution is -2.09. The molecule has 4 N–H and O–H groups in total. The number of amides is 1. The van der Waals surface area contributed by atoms with Crippen molar-refractivity contribution < 1.29 is 19.4 Å². The molecular weight excluding hydrogens is 440 g/mol. The number of rotatable bonds is 10. The van der Waals surface area contributed by atoms with Crippen LogP contribution in [0.2, 0.25) is 0 Å². The van der Waals surface area contributed by atoms with E-state index in [9.17, 15) is 9.90 Å². The summed E-state index contributed by atoms with van der Waals surface area (Å²) in [6.07, 6.45) is 5.86. The SMILES string of the molecule is COc1ccc(COc2c(C=CC(=O)Nc3ccccc3N)ccc(CO)c2CC=C(C)C)cc1. The average molecular weight is 473 g/mol. The van der Waals surface area contributed by atoms with Crippen LogP contribution in [0.15, 0.2) is 78.4 Å². The van der Waals surface area contributed by atoms with Crippen molar-refractivity contribution in [3.63, 3.8) is 0 Å². The lowest BCUT2D eigenvalue weighted by Gasteiger charge is -2.17. The van der Waals surface area contributed by atoms with Crippen LogP contribution >= 0.6 is 0 Å². The molecule has 0 fully saturated rings. The van der Waals surface area contributed by atoms with Gasteiger partial charge in [0.2, 0.25) is 5.91 Å². The highest BCUT2D eigenvalue weighted by atomic mass is 16.5. The first-order valence-corrected chi connectivity index (χ1v) is 11.4. The fraction of sp³-hybridized carbons (Fsp3) is 0.207. The molecule has 1 amide bonds. The number of para-hydroxylation sites is 2. The van der Waals surface area contributed by atoms with E-state index in [4.69, 9.17) is 15.2 Å². The van der Waals surface area contributed by atoms with Gasteiger partial charge in [0.1, 0.15) is 18.1 Å². The van der Waals surface area contributed by atoms with Crippen LogP contribution in [0.5, 0.6) is 11.5 Å². The van der Waals surface area contributed by atoms with Crippen LogP contribution in [0.25, 0.3) is 6.08 Å². The number of nitrogens with two attached hydrogens (primary N) is 1. The molecule has 0 heterocycles. The van der Waals surface area contributed by atoms with Gasteiger partial charge in [-0.25, -0.2) is 0 Å². The van der Waals surface area contributed by atoms with E-state index in [0.29, 0.717) is 30.2 Å². The summed E-state index contributed by atoms with van der Waals surface area (Å²) >= 11 is 0. The maximum Gasteiger partial charge on any atom is 0.248 e. The van der Waals surface area contributed by atoms with Crippen LogP contribution < -0.4 is 20.5 Å². The molecule has 35 heavy (non-hydrogen) atoms. The molecule has 3 aromatic carbocycles. The van der Waals surface area contributed by atoms with Crippen molar-refractivity contribution in [2.45, 2.75) is 33.5 Å². The van der Waals surface area contributed by atoms with Crippen molar-refractivity contribution in [3.8, 4) is 11.5 Å². The summed E-state index contributed by atoms with van der Waals surface area (Å²) in [4.78, 5) is 12.6. The summed E-state index contributed by atoms with van der Waals surface area (Å²) in [5.41, 5.74) is 11.5. The van der Waals surface area contributed by atoms with E-state index in [1.807, 2.05) is 62.4 Å². The van der Waals surface area contributed by atoms with Gasteiger partial charge in [-0.15, -0.1) is 0 Å². The van der Waals surface area contributed by atoms with Crippen molar-refractivity contribution in [2.75, 3.05) is 18.2 Å². The first-order chi connectivity index (χ1) is 16.9. The van der Waals surface area contributed by atoms with E-state index in [1.54, 1.807) is 25.3 Å². The second-order valence-corrected chi connectivity index (χ2v) is 8.31. The number of anilines is 2. The monoisotopic (exact) mass is 472 g/mol. The quantitative estimate of drug-likeness (QED) is 0.206. The van der Waals surface area contributed by atoms with E-state index in [1.165, 1.54) is 6.08 Å². The number of nitrogen functional groups attached to an aromatic ring is 1. The van der Waals surface area contributed by atoms with Crippen LogP contribution in [0.1, 0.15) is 36.1 Å². The zero-order valence-corrected chi connectivity index (χ0v) is 20.4. The summed E-state index contributed by atoms with van der Waals surface area (Å²) in [5, 5.41) is 12.8. The molecule has 0 spiro atoms. The van der Waals surface area contributed by atoms with Gasteiger partial charge in [0, 0.05) is 17.2 Å². The van der Waals surface area contributed by atoms with Crippen LogP contribution in [-0.4, -0.2) is 18.1 Å². The van der Waals surface area contributed by atoms with Crippen molar-refractivity contribution in [1.82, 2.24) is 0 Å². The lowest BCUT2D eigenvalue weighted by molar-refractivity contribution is -0.111. The molecule has 0 bridgehead atoms. The first-order valence-electron chi connectivity index (χ1n) is 11.4. The van der Waals surface area contributed by atoms with Gasteiger partial charge in [0.15, 0.2) is 0 Å². The Hall–Kier alpha value is -4.03. The number of hydrogen-bond donors (Lipinski definition) is 3. The summed E-state index contributed by atoms with van der Waals surface area (Å²) in [6, 6.07) is 18.5. The molecule has 0 saturated carbocycles. The van der Waals surface area contributed by atoms with E-state index in [-0.39, 0.29) is 12.5 Å². The third-order valence-corrected chi connectivity index (χ3v) is 5.45. The number of nitrogens with one attached hydrogen (secondary N) is 1. The zero-order chi connectivity index (χ0) is 25.2. The highest BCUT2D eigenvalue weighted by Gasteiger charge is 2.14. The maximum atomic E-state index is 12.6. The summed E-state index contributed by atoms with van der Waals surface area (Å²) < 4.78 is 11.5. The number of aliphatic hydroxyl groups is 1. The molecule has 3 aromatic rings. The summed E-state index contributed by atoms with van der Waals surface area (Å²) in [5.74, 6) is 1.10. The minimum Gasteiger partial charge on any atom is -0.497 e. The van der Waals surface area contributed by atoms with Gasteiger partial charge in [0.05, 0.1) is 25.1 Å². The van der Waals surface area contributed by atoms with Crippen molar-refractivity contribution in [3.05, 3.63) is 101 Å². The average Bonchev–Trinajstić information content (AvgIpc) is 2.86.